The van der Waals surface area contributed by atoms with Gasteiger partial charge in [0, 0.05) is 25.0 Å². The summed E-state index contributed by atoms with van der Waals surface area (Å²) >= 11 is 1.61. The van der Waals surface area contributed by atoms with E-state index in [0.717, 1.165) is 24.6 Å². The lowest BCUT2D eigenvalue weighted by Crippen LogP contribution is -2.48. The molecule has 1 aromatic rings. The van der Waals surface area contributed by atoms with Gasteiger partial charge in [-0.05, 0) is 74.4 Å². The number of halogens is 3. The van der Waals surface area contributed by atoms with E-state index in [0.29, 0.717) is 5.41 Å². The quantitative estimate of drug-likeness (QED) is 0.781. The number of rotatable bonds is 3. The topological polar surface area (TPSA) is 60.9 Å². The highest BCUT2D eigenvalue weighted by Crippen LogP contribution is 2.42. The Bertz CT molecular complexity index is 686. The van der Waals surface area contributed by atoms with E-state index in [-0.39, 0.29) is 5.91 Å². The molecule has 3 heterocycles. The van der Waals surface area contributed by atoms with Gasteiger partial charge < -0.3 is 14.9 Å². The molecule has 5 nitrogen and oxygen atoms in total. The van der Waals surface area contributed by atoms with Gasteiger partial charge in [-0.2, -0.15) is 24.5 Å². The van der Waals surface area contributed by atoms with E-state index in [4.69, 9.17) is 9.90 Å². The van der Waals surface area contributed by atoms with Crippen molar-refractivity contribution >= 4 is 23.2 Å². The predicted octanol–water partition coefficient (Wildman–Crippen LogP) is 4.11. The number of carbonyl (C=O) groups is 2. The maximum Gasteiger partial charge on any atom is 0.490 e. The summed E-state index contributed by atoms with van der Waals surface area (Å²) in [6, 6.07) is 1.95. The van der Waals surface area contributed by atoms with Crippen molar-refractivity contribution in [2.45, 2.75) is 44.7 Å². The summed E-state index contributed by atoms with van der Waals surface area (Å²) in [5.41, 5.74) is 1.41. The molecule has 0 aromatic carbocycles. The highest BCUT2D eigenvalue weighted by Gasteiger charge is 2.39. The first-order valence-corrected chi connectivity index (χ1v) is 11.0. The second-order valence-electron chi connectivity index (χ2n) is 8.35. The molecular formula is C20H27F3N2O3S. The van der Waals surface area contributed by atoms with Gasteiger partial charge in [-0.25, -0.2) is 4.79 Å². The van der Waals surface area contributed by atoms with Gasteiger partial charge in [0.25, 0.3) is 5.91 Å². The summed E-state index contributed by atoms with van der Waals surface area (Å²) < 4.78 is 31.7. The number of piperidine rings is 2. The minimum Gasteiger partial charge on any atom is -0.475 e. The standard InChI is InChI=1S/C18H26N2OS.C2HF3O2/c21-17(16-3-12-22-14-16)20-10-6-18(7-11-20)4-8-19(9-5-18)13-15-1-2-15;3-2(4,5)1(6)7/h3,12,14-15H,1-2,4-11,13H2;(H,6,7). The Balaban J connectivity index is 0.000000298. The van der Waals surface area contributed by atoms with Crippen LogP contribution in [0.25, 0.3) is 0 Å². The molecule has 3 fully saturated rings. The second kappa shape index (κ2) is 9.04. The van der Waals surface area contributed by atoms with Crippen LogP contribution in [0.2, 0.25) is 0 Å². The molecule has 1 spiro atoms. The monoisotopic (exact) mass is 432 g/mol. The van der Waals surface area contributed by atoms with E-state index >= 15 is 0 Å². The van der Waals surface area contributed by atoms with Gasteiger partial charge in [-0.3, -0.25) is 4.79 Å². The van der Waals surface area contributed by atoms with Crippen molar-refractivity contribution in [1.29, 1.82) is 0 Å². The van der Waals surface area contributed by atoms with E-state index in [1.165, 1.54) is 58.2 Å². The fourth-order valence-corrected chi connectivity index (χ4v) is 4.76. The van der Waals surface area contributed by atoms with Crippen LogP contribution in [0.3, 0.4) is 0 Å². The van der Waals surface area contributed by atoms with Crippen LogP contribution < -0.4 is 0 Å². The lowest BCUT2D eigenvalue weighted by Gasteiger charge is -2.47. The zero-order chi connectivity index (χ0) is 21.1. The fourth-order valence-electron chi connectivity index (χ4n) is 4.13. The molecule has 2 aliphatic heterocycles. The number of amides is 1. The predicted molar refractivity (Wildman–Crippen MR) is 104 cm³/mol. The largest absolute Gasteiger partial charge is 0.490 e. The maximum absolute atomic E-state index is 12.4. The van der Waals surface area contributed by atoms with Crippen molar-refractivity contribution in [2.75, 3.05) is 32.7 Å². The van der Waals surface area contributed by atoms with Gasteiger partial charge in [0.1, 0.15) is 0 Å². The Kier molecular flexibility index (Phi) is 6.88. The van der Waals surface area contributed by atoms with Crippen molar-refractivity contribution in [3.05, 3.63) is 22.4 Å². The Hall–Kier alpha value is -1.61. The maximum atomic E-state index is 12.4. The van der Waals surface area contributed by atoms with Gasteiger partial charge in [-0.15, -0.1) is 0 Å². The molecule has 0 bridgehead atoms. The van der Waals surface area contributed by atoms with Crippen LogP contribution >= 0.6 is 11.3 Å². The number of aliphatic carboxylic acids is 1. The second-order valence-corrected chi connectivity index (χ2v) is 9.13. The average Bonchev–Trinajstić information content (AvgIpc) is 3.32. The zero-order valence-corrected chi connectivity index (χ0v) is 17.1. The van der Waals surface area contributed by atoms with Crippen LogP contribution in [0, 0.1) is 11.3 Å². The van der Waals surface area contributed by atoms with Crippen molar-refractivity contribution in [3.63, 3.8) is 0 Å². The van der Waals surface area contributed by atoms with Crippen LogP contribution in [0.15, 0.2) is 16.8 Å². The lowest BCUT2D eigenvalue weighted by atomic mass is 9.71. The van der Waals surface area contributed by atoms with Gasteiger partial charge >= 0.3 is 12.1 Å². The molecule has 162 valence electrons. The Morgan fingerprint density at radius 2 is 1.66 bits per heavy atom. The number of nitrogens with zero attached hydrogens (tertiary/aromatic N) is 2. The summed E-state index contributed by atoms with van der Waals surface area (Å²) in [4.78, 5) is 26.1. The number of hydrogen-bond donors (Lipinski definition) is 1. The molecule has 3 aliphatic rings. The molecule has 0 unspecified atom stereocenters. The van der Waals surface area contributed by atoms with Crippen molar-refractivity contribution < 1.29 is 27.9 Å². The molecule has 9 heteroatoms. The summed E-state index contributed by atoms with van der Waals surface area (Å²) in [6.07, 6.45) is 2.95. The SMILES string of the molecule is O=C(O)C(F)(F)F.O=C(c1ccsc1)N1CCC2(CCN(CC3CC3)CC2)CC1. The van der Waals surface area contributed by atoms with E-state index in [9.17, 15) is 18.0 Å². The number of thiophene rings is 1. The van der Waals surface area contributed by atoms with E-state index < -0.39 is 12.1 Å². The third-order valence-corrected chi connectivity index (χ3v) is 6.94. The average molecular weight is 433 g/mol. The number of hydrogen-bond acceptors (Lipinski definition) is 4. The van der Waals surface area contributed by atoms with Crippen LogP contribution in [-0.4, -0.2) is 65.7 Å². The number of carbonyl (C=O) groups excluding carboxylic acids is 1. The molecule has 4 rings (SSSR count). The Labute approximate surface area is 172 Å². The zero-order valence-electron chi connectivity index (χ0n) is 16.3. The molecule has 2 saturated heterocycles. The molecule has 0 radical (unpaired) electrons. The van der Waals surface area contributed by atoms with Gasteiger partial charge in [0.05, 0.1) is 5.56 Å². The highest BCUT2D eigenvalue weighted by atomic mass is 32.1. The number of carboxylic acids is 1. The normalized spacial score (nSPS) is 22.1. The van der Waals surface area contributed by atoms with E-state index in [1.54, 1.807) is 11.3 Å². The molecule has 1 saturated carbocycles. The lowest BCUT2D eigenvalue weighted by molar-refractivity contribution is -0.192. The number of likely N-dealkylation sites (tertiary alicyclic amines) is 2. The first-order chi connectivity index (χ1) is 13.7. The van der Waals surface area contributed by atoms with Crippen LogP contribution in [0.5, 0.6) is 0 Å². The highest BCUT2D eigenvalue weighted by molar-refractivity contribution is 7.08. The number of alkyl halides is 3. The van der Waals surface area contributed by atoms with Crippen LogP contribution in [0.1, 0.15) is 48.9 Å². The minimum atomic E-state index is -5.08. The summed E-state index contributed by atoms with van der Waals surface area (Å²) in [5, 5.41) is 11.1. The number of carboxylic acid groups (broad SMARTS) is 1. The molecule has 29 heavy (non-hydrogen) atoms. The smallest absolute Gasteiger partial charge is 0.475 e. The van der Waals surface area contributed by atoms with Crippen molar-refractivity contribution in [3.8, 4) is 0 Å². The third-order valence-electron chi connectivity index (χ3n) is 6.25. The molecule has 1 amide bonds. The van der Waals surface area contributed by atoms with Gasteiger partial charge in [0.15, 0.2) is 0 Å². The molecule has 1 N–H and O–H groups in total. The first kappa shape index (κ1) is 22.1. The molecule has 0 atom stereocenters. The van der Waals surface area contributed by atoms with Crippen molar-refractivity contribution in [2.24, 2.45) is 11.3 Å². The van der Waals surface area contributed by atoms with E-state index in [1.807, 2.05) is 16.8 Å². The minimum absolute atomic E-state index is 0.238. The Morgan fingerprint density at radius 1 is 1.10 bits per heavy atom. The first-order valence-electron chi connectivity index (χ1n) is 10.0. The summed E-state index contributed by atoms with van der Waals surface area (Å²) in [6.45, 7) is 5.83. The molecule has 1 aliphatic carbocycles. The van der Waals surface area contributed by atoms with E-state index in [2.05, 4.69) is 9.80 Å². The summed E-state index contributed by atoms with van der Waals surface area (Å²) in [7, 11) is 0. The summed E-state index contributed by atoms with van der Waals surface area (Å²) in [5.74, 6) is -1.51. The Morgan fingerprint density at radius 3 is 2.10 bits per heavy atom. The molecular weight excluding hydrogens is 405 g/mol. The molecule has 1 aromatic heterocycles. The van der Waals surface area contributed by atoms with Crippen molar-refractivity contribution in [1.82, 2.24) is 9.80 Å². The van der Waals surface area contributed by atoms with Crippen LogP contribution in [-0.2, 0) is 4.79 Å². The third kappa shape index (κ3) is 6.18. The van der Waals surface area contributed by atoms with Gasteiger partial charge in [0.2, 0.25) is 0 Å². The van der Waals surface area contributed by atoms with Crippen LogP contribution in [0.4, 0.5) is 13.2 Å². The van der Waals surface area contributed by atoms with Gasteiger partial charge in [-0.1, -0.05) is 0 Å². The fraction of sp³-hybridized carbons (Fsp3) is 0.700.